The smallest absolute Gasteiger partial charge is 0.364 e. The van der Waals surface area contributed by atoms with E-state index in [-0.39, 0.29) is 5.69 Å². The standard InChI is InChI=1S/C4H5N3O.H3O4P/c5-4(8)3-1-2-6-7-3;1-5(2,3)4/h1-2H,(H2,5,8)(H,6,7);(H3,1,2,3,4). The Kier molecular flexibility index (Phi) is 4.29. The Labute approximate surface area is 72.6 Å². The lowest BCUT2D eigenvalue weighted by Crippen LogP contribution is -2.10. The highest BCUT2D eigenvalue weighted by Gasteiger charge is 2.00. The Morgan fingerprint density at radius 1 is 1.54 bits per heavy atom. The van der Waals surface area contributed by atoms with E-state index in [1.54, 1.807) is 6.20 Å². The molecular weight excluding hydrogens is 201 g/mol. The van der Waals surface area contributed by atoms with E-state index < -0.39 is 13.7 Å². The molecule has 13 heavy (non-hydrogen) atoms. The number of amides is 1. The maximum atomic E-state index is 10.2. The zero-order valence-electron chi connectivity index (χ0n) is 6.28. The molecule has 8 nitrogen and oxygen atoms in total. The van der Waals surface area contributed by atoms with Crippen LogP contribution < -0.4 is 5.73 Å². The molecule has 0 radical (unpaired) electrons. The molecule has 0 fully saturated rings. The Morgan fingerprint density at radius 2 is 2.00 bits per heavy atom. The van der Waals surface area contributed by atoms with E-state index >= 15 is 0 Å². The minimum Gasteiger partial charge on any atom is -0.364 e. The van der Waals surface area contributed by atoms with Crippen molar-refractivity contribution in [2.45, 2.75) is 0 Å². The summed E-state index contributed by atoms with van der Waals surface area (Å²) in [6.45, 7) is 0. The molecule has 0 aromatic carbocycles. The molecule has 0 bridgehead atoms. The minimum atomic E-state index is -4.64. The summed E-state index contributed by atoms with van der Waals surface area (Å²) in [5.41, 5.74) is 5.11. The molecule has 0 saturated carbocycles. The van der Waals surface area contributed by atoms with E-state index in [1.165, 1.54) is 6.07 Å². The monoisotopic (exact) mass is 209 g/mol. The van der Waals surface area contributed by atoms with Crippen LogP contribution in [0.25, 0.3) is 0 Å². The second kappa shape index (κ2) is 4.73. The van der Waals surface area contributed by atoms with Crippen LogP contribution in [0.15, 0.2) is 12.3 Å². The summed E-state index contributed by atoms with van der Waals surface area (Å²) in [5, 5.41) is 5.98. The fourth-order valence-electron chi connectivity index (χ4n) is 0.398. The normalized spacial score (nSPS) is 10.1. The summed E-state index contributed by atoms with van der Waals surface area (Å²) in [5.74, 6) is -0.508. The minimum absolute atomic E-state index is 0.269. The highest BCUT2D eigenvalue weighted by Crippen LogP contribution is 2.25. The fourth-order valence-corrected chi connectivity index (χ4v) is 0.398. The summed E-state index contributed by atoms with van der Waals surface area (Å²) < 4.78 is 8.88. The number of primary amides is 1. The third kappa shape index (κ3) is 8.70. The number of rotatable bonds is 1. The van der Waals surface area contributed by atoms with Crippen molar-refractivity contribution in [2.75, 3.05) is 0 Å². The van der Waals surface area contributed by atoms with Gasteiger partial charge in [-0.1, -0.05) is 0 Å². The Morgan fingerprint density at radius 3 is 2.15 bits per heavy atom. The van der Waals surface area contributed by atoms with Gasteiger partial charge in [-0.15, -0.1) is 0 Å². The Bertz CT molecular complexity index is 295. The molecule has 0 saturated heterocycles. The molecule has 1 aromatic rings. The van der Waals surface area contributed by atoms with Crippen molar-refractivity contribution in [1.82, 2.24) is 10.2 Å². The molecule has 9 heteroatoms. The van der Waals surface area contributed by atoms with Gasteiger partial charge in [-0.2, -0.15) is 5.10 Å². The largest absolute Gasteiger partial charge is 0.466 e. The topological polar surface area (TPSA) is 150 Å². The fraction of sp³-hybridized carbons (Fsp3) is 0. The average Bonchev–Trinajstić information content (AvgIpc) is 2.31. The van der Waals surface area contributed by atoms with Crippen LogP contribution in [0.5, 0.6) is 0 Å². The molecule has 0 unspecified atom stereocenters. The zero-order chi connectivity index (χ0) is 10.5. The number of nitrogens with one attached hydrogen (secondary N) is 1. The first-order chi connectivity index (χ1) is 5.80. The predicted octanol–water partition coefficient (Wildman–Crippen LogP) is -1.42. The Balaban J connectivity index is 0.000000252. The summed E-state index contributed by atoms with van der Waals surface area (Å²) in [6, 6.07) is 1.52. The maximum Gasteiger partial charge on any atom is 0.466 e. The van der Waals surface area contributed by atoms with Gasteiger partial charge >= 0.3 is 7.82 Å². The number of nitrogens with zero attached hydrogens (tertiary/aromatic N) is 1. The molecule has 1 heterocycles. The third-order valence-corrected chi connectivity index (χ3v) is 0.753. The van der Waals surface area contributed by atoms with Crippen molar-refractivity contribution in [3.05, 3.63) is 18.0 Å². The zero-order valence-corrected chi connectivity index (χ0v) is 7.18. The van der Waals surface area contributed by atoms with Crippen molar-refractivity contribution in [1.29, 1.82) is 0 Å². The number of phosphoric acid groups is 1. The molecule has 0 aliphatic heterocycles. The van der Waals surface area contributed by atoms with Gasteiger partial charge in [0.2, 0.25) is 0 Å². The molecule has 0 aliphatic rings. The van der Waals surface area contributed by atoms with E-state index in [4.69, 9.17) is 25.0 Å². The van der Waals surface area contributed by atoms with Gasteiger partial charge in [-0.3, -0.25) is 9.89 Å². The highest BCUT2D eigenvalue weighted by atomic mass is 31.2. The number of carbonyl (C=O) groups excluding carboxylic acids is 1. The lowest BCUT2D eigenvalue weighted by atomic mass is 10.4. The lowest BCUT2D eigenvalue weighted by Gasteiger charge is -1.82. The van der Waals surface area contributed by atoms with E-state index in [2.05, 4.69) is 10.2 Å². The van der Waals surface area contributed by atoms with Crippen LogP contribution in [0.1, 0.15) is 10.5 Å². The number of aromatic amines is 1. The quantitative estimate of drug-likeness (QED) is 0.358. The van der Waals surface area contributed by atoms with Crippen LogP contribution >= 0.6 is 7.82 Å². The molecule has 0 aliphatic carbocycles. The van der Waals surface area contributed by atoms with Crippen molar-refractivity contribution in [2.24, 2.45) is 5.73 Å². The summed E-state index contributed by atoms with van der Waals surface area (Å²) in [4.78, 5) is 31.8. The number of nitrogens with two attached hydrogens (primary N) is 1. The highest BCUT2D eigenvalue weighted by molar-refractivity contribution is 7.45. The number of aromatic nitrogens is 2. The van der Waals surface area contributed by atoms with Gasteiger partial charge < -0.3 is 20.4 Å². The van der Waals surface area contributed by atoms with Crippen LogP contribution in [-0.2, 0) is 4.57 Å². The first kappa shape index (κ1) is 11.8. The van der Waals surface area contributed by atoms with Crippen LogP contribution in [0.4, 0.5) is 0 Å². The SMILES string of the molecule is NC(=O)c1cc[nH]n1.O=P(O)(O)O. The molecule has 1 rings (SSSR count). The third-order valence-electron chi connectivity index (χ3n) is 0.753. The van der Waals surface area contributed by atoms with Gasteiger partial charge in [0.05, 0.1) is 0 Å². The molecule has 6 N–H and O–H groups in total. The number of hydrogen-bond donors (Lipinski definition) is 5. The lowest BCUT2D eigenvalue weighted by molar-refractivity contribution is 0.0995. The summed E-state index contributed by atoms with van der Waals surface area (Å²) >= 11 is 0. The predicted molar refractivity (Wildman–Crippen MR) is 41.4 cm³/mol. The van der Waals surface area contributed by atoms with Crippen LogP contribution in [0, 0.1) is 0 Å². The van der Waals surface area contributed by atoms with Crippen molar-refractivity contribution < 1.29 is 24.0 Å². The number of H-pyrrole nitrogens is 1. The first-order valence-corrected chi connectivity index (χ1v) is 4.45. The van der Waals surface area contributed by atoms with E-state index in [1.807, 2.05) is 0 Å². The molecule has 1 amide bonds. The second-order valence-corrected chi connectivity index (χ2v) is 2.86. The maximum absolute atomic E-state index is 10.2. The van der Waals surface area contributed by atoms with Crippen molar-refractivity contribution >= 4 is 13.7 Å². The molecular formula is C4H8N3O5P. The van der Waals surface area contributed by atoms with Gasteiger partial charge in [0.1, 0.15) is 5.69 Å². The van der Waals surface area contributed by atoms with E-state index in [9.17, 15) is 4.79 Å². The van der Waals surface area contributed by atoms with Crippen molar-refractivity contribution in [3.8, 4) is 0 Å². The molecule has 0 atom stereocenters. The summed E-state index contributed by atoms with van der Waals surface area (Å²) in [7, 11) is -4.64. The molecule has 74 valence electrons. The van der Waals surface area contributed by atoms with Gasteiger partial charge in [-0.05, 0) is 6.07 Å². The van der Waals surface area contributed by atoms with Crippen LogP contribution in [0.3, 0.4) is 0 Å². The van der Waals surface area contributed by atoms with Crippen molar-refractivity contribution in [3.63, 3.8) is 0 Å². The number of hydrogen-bond acceptors (Lipinski definition) is 3. The number of carbonyl (C=O) groups is 1. The van der Waals surface area contributed by atoms with Crippen LogP contribution in [-0.4, -0.2) is 30.8 Å². The van der Waals surface area contributed by atoms with Gasteiger partial charge in [0, 0.05) is 6.20 Å². The summed E-state index contributed by atoms with van der Waals surface area (Å²) in [6.07, 6.45) is 1.54. The molecule has 0 spiro atoms. The van der Waals surface area contributed by atoms with Gasteiger partial charge in [0.15, 0.2) is 0 Å². The average molecular weight is 209 g/mol. The van der Waals surface area contributed by atoms with Gasteiger partial charge in [0.25, 0.3) is 5.91 Å². The Hall–Kier alpha value is -1.21. The van der Waals surface area contributed by atoms with E-state index in [0.717, 1.165) is 0 Å². The van der Waals surface area contributed by atoms with Crippen LogP contribution in [0.2, 0.25) is 0 Å². The van der Waals surface area contributed by atoms with E-state index in [0.29, 0.717) is 0 Å². The first-order valence-electron chi connectivity index (χ1n) is 2.88. The second-order valence-electron chi connectivity index (χ2n) is 1.84. The molecule has 1 aromatic heterocycles. The van der Waals surface area contributed by atoms with Gasteiger partial charge in [-0.25, -0.2) is 4.57 Å².